The second-order valence-electron chi connectivity index (χ2n) is 7.78. The molecule has 1 aromatic carbocycles. The molecule has 29 heavy (non-hydrogen) atoms. The Morgan fingerprint density at radius 3 is 2.59 bits per heavy atom. The number of carbonyl (C=O) groups is 1. The van der Waals surface area contributed by atoms with Crippen molar-refractivity contribution < 1.29 is 23.0 Å². The Balaban J connectivity index is 1.56. The summed E-state index contributed by atoms with van der Waals surface area (Å²) >= 11 is 0. The summed E-state index contributed by atoms with van der Waals surface area (Å²) in [6.45, 7) is 6.53. The van der Waals surface area contributed by atoms with E-state index in [1.54, 1.807) is 4.90 Å². The normalized spacial score (nSPS) is 15.1. The Labute approximate surface area is 168 Å². The highest BCUT2D eigenvalue weighted by atomic mass is 19.1. The maximum Gasteiger partial charge on any atom is 0.410 e. The van der Waals surface area contributed by atoms with Gasteiger partial charge in [-0.1, -0.05) is 0 Å². The number of carbonyl (C=O) groups excluding carboxylic acids is 1. The summed E-state index contributed by atoms with van der Waals surface area (Å²) in [4.78, 5) is 21.9. The summed E-state index contributed by atoms with van der Waals surface area (Å²) in [5.74, 6) is -0.557. The van der Waals surface area contributed by atoms with Gasteiger partial charge in [0.1, 0.15) is 35.5 Å². The van der Waals surface area contributed by atoms with E-state index >= 15 is 0 Å². The molecule has 3 rings (SSSR count). The van der Waals surface area contributed by atoms with E-state index in [2.05, 4.69) is 15.3 Å². The van der Waals surface area contributed by atoms with E-state index < -0.39 is 17.2 Å². The van der Waals surface area contributed by atoms with Crippen molar-refractivity contribution in [1.82, 2.24) is 14.9 Å². The molecule has 0 radical (unpaired) electrons. The van der Waals surface area contributed by atoms with Crippen LogP contribution in [0.25, 0.3) is 0 Å². The number of hydrogen-bond donors (Lipinski definition) is 1. The van der Waals surface area contributed by atoms with Crippen molar-refractivity contribution in [2.24, 2.45) is 0 Å². The molecule has 1 aromatic heterocycles. The van der Waals surface area contributed by atoms with Crippen molar-refractivity contribution in [3.8, 4) is 5.88 Å². The Hall–Kier alpha value is -2.97. The van der Waals surface area contributed by atoms with Gasteiger partial charge in [0, 0.05) is 38.1 Å². The van der Waals surface area contributed by atoms with Crippen LogP contribution in [0.3, 0.4) is 0 Å². The van der Waals surface area contributed by atoms with Gasteiger partial charge in [-0.15, -0.1) is 0 Å². The number of hydrogen-bond acceptors (Lipinski definition) is 6. The summed E-state index contributed by atoms with van der Waals surface area (Å²) < 4.78 is 38.4. The molecule has 156 valence electrons. The van der Waals surface area contributed by atoms with Crippen LogP contribution in [-0.4, -0.2) is 45.8 Å². The number of amides is 1. The lowest BCUT2D eigenvalue weighted by Crippen LogP contribution is -2.44. The van der Waals surface area contributed by atoms with Gasteiger partial charge in [-0.2, -0.15) is 0 Å². The third-order valence-electron chi connectivity index (χ3n) is 4.21. The highest BCUT2D eigenvalue weighted by Crippen LogP contribution is 2.23. The third-order valence-corrected chi connectivity index (χ3v) is 4.21. The minimum absolute atomic E-state index is 0.0275. The Morgan fingerprint density at radius 2 is 1.90 bits per heavy atom. The van der Waals surface area contributed by atoms with Gasteiger partial charge in [0.2, 0.25) is 5.88 Å². The average molecular weight is 406 g/mol. The summed E-state index contributed by atoms with van der Waals surface area (Å²) in [7, 11) is 0. The van der Waals surface area contributed by atoms with E-state index in [1.807, 2.05) is 20.8 Å². The smallest absolute Gasteiger partial charge is 0.410 e. The number of likely N-dealkylation sites (tertiary alicyclic amines) is 1. The fourth-order valence-corrected chi connectivity index (χ4v) is 2.86. The maximum atomic E-state index is 13.8. The molecular weight excluding hydrogens is 382 g/mol. The molecule has 1 aliphatic rings. The van der Waals surface area contributed by atoms with Crippen LogP contribution in [0.2, 0.25) is 0 Å². The number of halogens is 2. The molecule has 1 N–H and O–H groups in total. The second kappa shape index (κ2) is 8.59. The van der Waals surface area contributed by atoms with Gasteiger partial charge in [0.05, 0.1) is 5.69 Å². The number of anilines is 2. The number of aromatic nitrogens is 2. The molecule has 1 fully saturated rings. The standard InChI is InChI=1S/C20H24F2N4O3/c1-20(2,3)29-19(27)26-8-6-14(7-9-26)28-18-11-17(23-12-24-18)25-16-10-13(21)4-5-15(16)22/h4-5,10-12,14H,6-9H2,1-3H3,(H,23,24,25). The first-order valence-electron chi connectivity index (χ1n) is 9.38. The Kier molecular flexibility index (Phi) is 6.14. The minimum atomic E-state index is -0.595. The van der Waals surface area contributed by atoms with E-state index in [0.717, 1.165) is 18.2 Å². The molecule has 0 unspecified atom stereocenters. The van der Waals surface area contributed by atoms with E-state index in [4.69, 9.17) is 9.47 Å². The monoisotopic (exact) mass is 406 g/mol. The van der Waals surface area contributed by atoms with Crippen molar-refractivity contribution in [1.29, 1.82) is 0 Å². The topological polar surface area (TPSA) is 76.6 Å². The quantitative estimate of drug-likeness (QED) is 0.817. The lowest BCUT2D eigenvalue weighted by molar-refractivity contribution is 0.0123. The molecule has 1 saturated heterocycles. The van der Waals surface area contributed by atoms with Crippen LogP contribution in [0.15, 0.2) is 30.6 Å². The fraction of sp³-hybridized carbons (Fsp3) is 0.450. The Bertz CT molecular complexity index is 865. The highest BCUT2D eigenvalue weighted by Gasteiger charge is 2.27. The molecule has 0 bridgehead atoms. The van der Waals surface area contributed by atoms with Crippen molar-refractivity contribution in [3.05, 3.63) is 42.2 Å². The zero-order valence-electron chi connectivity index (χ0n) is 16.6. The van der Waals surface area contributed by atoms with Crippen LogP contribution < -0.4 is 10.1 Å². The van der Waals surface area contributed by atoms with Gasteiger partial charge >= 0.3 is 6.09 Å². The van der Waals surface area contributed by atoms with Gasteiger partial charge in [-0.3, -0.25) is 0 Å². The second-order valence-corrected chi connectivity index (χ2v) is 7.78. The van der Waals surface area contributed by atoms with Crippen molar-refractivity contribution >= 4 is 17.6 Å². The minimum Gasteiger partial charge on any atom is -0.474 e. The predicted octanol–water partition coefficient (Wildman–Crippen LogP) is 4.28. The average Bonchev–Trinajstić information content (AvgIpc) is 2.64. The molecule has 0 atom stereocenters. The SMILES string of the molecule is CC(C)(C)OC(=O)N1CCC(Oc2cc(Nc3cc(F)ccc3F)ncn2)CC1. The van der Waals surface area contributed by atoms with Crippen LogP contribution >= 0.6 is 0 Å². The first kappa shape index (κ1) is 20.8. The largest absolute Gasteiger partial charge is 0.474 e. The molecule has 1 amide bonds. The van der Waals surface area contributed by atoms with Crippen LogP contribution in [0.5, 0.6) is 5.88 Å². The third kappa shape index (κ3) is 6.00. The molecule has 0 aliphatic carbocycles. The lowest BCUT2D eigenvalue weighted by atomic mass is 10.1. The first-order valence-corrected chi connectivity index (χ1v) is 9.38. The fourth-order valence-electron chi connectivity index (χ4n) is 2.86. The van der Waals surface area contributed by atoms with Crippen molar-refractivity contribution in [3.63, 3.8) is 0 Å². The molecule has 9 heteroatoms. The van der Waals surface area contributed by atoms with E-state index in [0.29, 0.717) is 31.8 Å². The zero-order valence-corrected chi connectivity index (χ0v) is 16.6. The summed E-state index contributed by atoms with van der Waals surface area (Å²) in [6, 6.07) is 4.64. The van der Waals surface area contributed by atoms with Gasteiger partial charge in [-0.05, 0) is 32.9 Å². The van der Waals surface area contributed by atoms with Gasteiger partial charge < -0.3 is 19.7 Å². The van der Waals surface area contributed by atoms with Crippen LogP contribution in [0.1, 0.15) is 33.6 Å². The number of nitrogens with zero attached hydrogens (tertiary/aromatic N) is 3. The van der Waals surface area contributed by atoms with Crippen molar-refractivity contribution in [2.75, 3.05) is 18.4 Å². The summed E-state index contributed by atoms with van der Waals surface area (Å²) in [6.07, 6.45) is 2.09. The molecule has 0 spiro atoms. The number of rotatable bonds is 4. The van der Waals surface area contributed by atoms with E-state index in [1.165, 1.54) is 12.4 Å². The Morgan fingerprint density at radius 1 is 1.17 bits per heavy atom. The zero-order chi connectivity index (χ0) is 21.0. The molecule has 7 nitrogen and oxygen atoms in total. The highest BCUT2D eigenvalue weighted by molar-refractivity contribution is 5.68. The van der Waals surface area contributed by atoms with Crippen molar-refractivity contribution in [2.45, 2.75) is 45.3 Å². The molecular formula is C20H24F2N4O3. The number of piperidine rings is 1. The number of nitrogens with one attached hydrogen (secondary N) is 1. The van der Waals surface area contributed by atoms with Gasteiger partial charge in [0.25, 0.3) is 0 Å². The molecule has 0 saturated carbocycles. The molecule has 1 aliphatic heterocycles. The number of benzene rings is 1. The van der Waals surface area contributed by atoms with Gasteiger partial charge in [0.15, 0.2) is 0 Å². The van der Waals surface area contributed by atoms with E-state index in [9.17, 15) is 13.6 Å². The predicted molar refractivity (Wildman–Crippen MR) is 103 cm³/mol. The molecule has 2 heterocycles. The van der Waals surface area contributed by atoms with Gasteiger partial charge in [-0.25, -0.2) is 23.5 Å². The van der Waals surface area contributed by atoms with Crippen LogP contribution in [0, 0.1) is 11.6 Å². The molecule has 2 aromatic rings. The maximum absolute atomic E-state index is 13.8. The number of ether oxygens (including phenoxy) is 2. The first-order chi connectivity index (χ1) is 13.7. The summed E-state index contributed by atoms with van der Waals surface area (Å²) in [5.41, 5.74) is -0.559. The van der Waals surface area contributed by atoms with Crippen LogP contribution in [0.4, 0.5) is 25.1 Å². The summed E-state index contributed by atoms with van der Waals surface area (Å²) in [5, 5.41) is 2.72. The lowest BCUT2D eigenvalue weighted by Gasteiger charge is -2.33. The van der Waals surface area contributed by atoms with Crippen LogP contribution in [-0.2, 0) is 4.74 Å². The van der Waals surface area contributed by atoms with E-state index in [-0.39, 0.29) is 23.7 Å².